The topological polar surface area (TPSA) is 88.5 Å². The Morgan fingerprint density at radius 3 is 2.32 bits per heavy atom. The summed E-state index contributed by atoms with van der Waals surface area (Å²) in [5.41, 5.74) is -2.33. The monoisotopic (exact) mass is 544 g/mol. The highest BCUT2D eigenvalue weighted by molar-refractivity contribution is 6.34. The summed E-state index contributed by atoms with van der Waals surface area (Å²) in [6.45, 7) is 0. The van der Waals surface area contributed by atoms with Gasteiger partial charge in [0, 0.05) is 34.6 Å². The van der Waals surface area contributed by atoms with Crippen molar-refractivity contribution in [2.24, 2.45) is 0 Å². The fourth-order valence-electron chi connectivity index (χ4n) is 3.90. The zero-order valence-corrected chi connectivity index (χ0v) is 19.1. The smallest absolute Gasteiger partial charge is 0.478 e. The fraction of sp³-hybridized carbons (Fsp3) is 0.208. The molecule has 0 unspecified atom stereocenters. The van der Waals surface area contributed by atoms with Crippen molar-refractivity contribution in [1.29, 1.82) is 0 Å². The lowest BCUT2D eigenvalue weighted by Crippen LogP contribution is -2.29. The number of alkyl halides is 5. The number of pyridine rings is 1. The van der Waals surface area contributed by atoms with Gasteiger partial charge in [-0.3, -0.25) is 9.78 Å². The number of carbonyl (C=O) groups excluding carboxylic acids is 1. The Balaban J connectivity index is 1.62. The number of carboxylic acids is 1. The van der Waals surface area contributed by atoms with Crippen LogP contribution in [0.2, 0.25) is 5.02 Å². The van der Waals surface area contributed by atoms with Crippen LogP contribution in [-0.4, -0.2) is 28.3 Å². The first kappa shape index (κ1) is 26.3. The molecule has 2 N–H and O–H groups in total. The van der Waals surface area contributed by atoms with Gasteiger partial charge in [0.2, 0.25) is 5.91 Å². The maximum atomic E-state index is 14.6. The van der Waals surface area contributed by atoms with Gasteiger partial charge in [-0.05, 0) is 37.1 Å². The molecule has 3 aromatic rings. The van der Waals surface area contributed by atoms with Crippen LogP contribution in [0.15, 0.2) is 48.7 Å². The van der Waals surface area contributed by atoms with E-state index in [1.807, 2.05) is 0 Å². The number of hydrogen-bond acceptors (Lipinski definition) is 4. The third-order valence-electron chi connectivity index (χ3n) is 5.75. The Morgan fingerprint density at radius 2 is 1.81 bits per heavy atom. The maximum Gasteiger partial charge on any atom is 0.573 e. The molecule has 194 valence electrons. The molecular weight excluding hydrogens is 530 g/mol. The first-order valence-electron chi connectivity index (χ1n) is 10.5. The fourth-order valence-corrected chi connectivity index (χ4v) is 4.23. The molecule has 0 spiro atoms. The van der Waals surface area contributed by atoms with Crippen molar-refractivity contribution in [3.05, 3.63) is 76.3 Å². The molecule has 1 saturated carbocycles. The number of ether oxygens (including phenoxy) is 1. The van der Waals surface area contributed by atoms with Gasteiger partial charge < -0.3 is 15.2 Å². The number of aromatic carboxylic acids is 1. The molecule has 1 aliphatic rings. The van der Waals surface area contributed by atoms with Gasteiger partial charge in [0.1, 0.15) is 17.3 Å². The average Bonchev–Trinajstić information content (AvgIpc) is 3.59. The van der Waals surface area contributed by atoms with Gasteiger partial charge in [-0.15, -0.1) is 13.2 Å². The zero-order chi connectivity index (χ0) is 27.1. The highest BCUT2D eigenvalue weighted by Crippen LogP contribution is 2.50. The number of rotatable bonds is 7. The van der Waals surface area contributed by atoms with Gasteiger partial charge >= 0.3 is 12.3 Å². The minimum atomic E-state index is -5.02. The maximum absolute atomic E-state index is 14.6. The summed E-state index contributed by atoms with van der Waals surface area (Å²) in [5, 5.41) is 12.0. The van der Waals surface area contributed by atoms with Gasteiger partial charge in [-0.25, -0.2) is 18.0 Å². The molecule has 0 atom stereocenters. The second kappa shape index (κ2) is 9.58. The van der Waals surface area contributed by atoms with E-state index in [0.29, 0.717) is 6.07 Å². The number of carboxylic acid groups (broad SMARTS) is 1. The van der Waals surface area contributed by atoms with Gasteiger partial charge in [0.25, 0.3) is 6.43 Å². The van der Waals surface area contributed by atoms with E-state index in [-0.39, 0.29) is 45.8 Å². The molecule has 0 saturated heterocycles. The van der Waals surface area contributed by atoms with Crippen molar-refractivity contribution in [2.45, 2.75) is 31.0 Å². The number of halogens is 7. The molecule has 0 bridgehead atoms. The van der Waals surface area contributed by atoms with Crippen LogP contribution in [0.5, 0.6) is 5.75 Å². The number of nitrogens with one attached hydrogen (secondary N) is 1. The van der Waals surface area contributed by atoms with Crippen LogP contribution < -0.4 is 10.1 Å². The highest BCUT2D eigenvalue weighted by Gasteiger charge is 2.53. The zero-order valence-electron chi connectivity index (χ0n) is 18.4. The molecule has 1 amide bonds. The molecule has 1 aliphatic carbocycles. The van der Waals surface area contributed by atoms with Gasteiger partial charge in [0.15, 0.2) is 0 Å². The van der Waals surface area contributed by atoms with Gasteiger partial charge in [0.05, 0.1) is 16.0 Å². The molecule has 13 heteroatoms. The van der Waals surface area contributed by atoms with E-state index < -0.39 is 47.3 Å². The van der Waals surface area contributed by atoms with Crippen LogP contribution in [0.4, 0.5) is 32.0 Å². The van der Waals surface area contributed by atoms with Crippen molar-refractivity contribution in [3.8, 4) is 16.9 Å². The summed E-state index contributed by atoms with van der Waals surface area (Å²) in [5.74, 6) is -4.01. The Hall–Kier alpha value is -3.80. The largest absolute Gasteiger partial charge is 0.573 e. The Labute approximate surface area is 209 Å². The van der Waals surface area contributed by atoms with Crippen LogP contribution in [0.1, 0.15) is 40.9 Å². The van der Waals surface area contributed by atoms with Crippen LogP contribution in [0.25, 0.3) is 11.1 Å². The van der Waals surface area contributed by atoms with Gasteiger partial charge in [-0.2, -0.15) is 0 Å². The van der Waals surface area contributed by atoms with E-state index in [2.05, 4.69) is 15.0 Å². The first-order chi connectivity index (χ1) is 17.3. The predicted octanol–water partition coefficient (Wildman–Crippen LogP) is 6.75. The highest BCUT2D eigenvalue weighted by atomic mass is 35.5. The second-order valence-electron chi connectivity index (χ2n) is 8.18. The van der Waals surface area contributed by atoms with E-state index >= 15 is 0 Å². The number of nitrogens with zero attached hydrogens (tertiary/aromatic N) is 1. The molecule has 2 aromatic carbocycles. The third kappa shape index (κ3) is 5.48. The minimum Gasteiger partial charge on any atom is -0.478 e. The molecule has 4 rings (SSSR count). The Bertz CT molecular complexity index is 1370. The van der Waals surface area contributed by atoms with Crippen molar-refractivity contribution in [2.75, 3.05) is 5.32 Å². The van der Waals surface area contributed by atoms with Crippen molar-refractivity contribution >= 4 is 29.2 Å². The predicted molar refractivity (Wildman–Crippen MR) is 119 cm³/mol. The Kier molecular flexibility index (Phi) is 6.80. The molecule has 0 radical (unpaired) electrons. The van der Waals surface area contributed by atoms with E-state index in [1.165, 1.54) is 12.1 Å². The molecule has 1 aromatic heterocycles. The summed E-state index contributed by atoms with van der Waals surface area (Å²) in [6.07, 6.45) is -6.42. The summed E-state index contributed by atoms with van der Waals surface area (Å²) in [4.78, 5) is 28.6. The standard InChI is InChI=1S/C24H15ClF6N2O4/c25-16-8-12(7-14(21(34)35)19(16)11-1-4-18(20(27)28)32-10-11)33-22(36)23(5-6-23)15-3-2-13(9-17(15)26)37-24(29,30)31/h1-4,7-10,20H,5-6H2,(H,33,36)(H,34,35). The number of hydrogen-bond donors (Lipinski definition) is 2. The van der Waals surface area contributed by atoms with Crippen LogP contribution in [0, 0.1) is 5.82 Å². The van der Waals surface area contributed by atoms with E-state index in [4.69, 9.17) is 11.6 Å². The summed E-state index contributed by atoms with van der Waals surface area (Å²) < 4.78 is 81.1. The van der Waals surface area contributed by atoms with Crippen LogP contribution in [0.3, 0.4) is 0 Å². The van der Waals surface area contributed by atoms with Crippen molar-refractivity contribution in [3.63, 3.8) is 0 Å². The lowest BCUT2D eigenvalue weighted by Gasteiger charge is -2.19. The number of benzene rings is 2. The van der Waals surface area contributed by atoms with Crippen LogP contribution in [-0.2, 0) is 10.2 Å². The van der Waals surface area contributed by atoms with Crippen LogP contribution >= 0.6 is 11.6 Å². The second-order valence-corrected chi connectivity index (χ2v) is 8.59. The van der Waals surface area contributed by atoms with Gasteiger partial charge in [-0.1, -0.05) is 23.7 Å². The number of anilines is 1. The third-order valence-corrected chi connectivity index (χ3v) is 6.05. The molecule has 0 aliphatic heterocycles. The molecule has 6 nitrogen and oxygen atoms in total. The Morgan fingerprint density at radius 1 is 1.11 bits per heavy atom. The summed E-state index contributed by atoms with van der Waals surface area (Å²) >= 11 is 6.28. The van der Waals surface area contributed by atoms with E-state index in [1.54, 1.807) is 0 Å². The van der Waals surface area contributed by atoms with Crippen molar-refractivity contribution in [1.82, 2.24) is 4.98 Å². The summed E-state index contributed by atoms with van der Waals surface area (Å²) in [7, 11) is 0. The van der Waals surface area contributed by atoms with Crippen molar-refractivity contribution < 1.29 is 45.8 Å². The number of carbonyl (C=O) groups is 2. The molecule has 1 fully saturated rings. The lowest BCUT2D eigenvalue weighted by molar-refractivity contribution is -0.274. The summed E-state index contributed by atoms with van der Waals surface area (Å²) in [6, 6.07) is 7.02. The number of aromatic nitrogens is 1. The molecule has 1 heterocycles. The number of amides is 1. The van der Waals surface area contributed by atoms with E-state index in [9.17, 15) is 41.0 Å². The molecule has 37 heavy (non-hydrogen) atoms. The first-order valence-corrected chi connectivity index (χ1v) is 10.9. The average molecular weight is 545 g/mol. The minimum absolute atomic E-state index is 0.0204. The normalized spacial score (nSPS) is 14.4. The quantitative estimate of drug-likeness (QED) is 0.321. The SMILES string of the molecule is O=C(O)c1cc(NC(=O)C2(c3ccc(OC(F)(F)F)cc3F)CC2)cc(Cl)c1-c1ccc(C(F)F)nc1. The molecular formula is C24H15ClF6N2O4. The lowest BCUT2D eigenvalue weighted by atomic mass is 9.93. The van der Waals surface area contributed by atoms with E-state index in [0.717, 1.165) is 30.5 Å².